The number of hydrogen-bond donors (Lipinski definition) is 3. The topological polar surface area (TPSA) is 57.0 Å². The number of amides is 1. The standard InChI is InChI=1S/C19H21Cl2N3O2/c1-13(19(26)22-18-12-14(20)2-7-17(18)21)23-8-10-24(11-9-23)15-3-5-16(25)6-4-15/h2-7,12-13,25H,8-11H2,1H3,(H,22,26)/p+1/t13-/m0/s1. The molecule has 138 valence electrons. The Labute approximate surface area is 163 Å². The lowest BCUT2D eigenvalue weighted by Gasteiger charge is -2.36. The van der Waals surface area contributed by atoms with Crippen molar-refractivity contribution in [2.75, 3.05) is 36.4 Å². The largest absolute Gasteiger partial charge is 0.508 e. The summed E-state index contributed by atoms with van der Waals surface area (Å²) in [6.45, 7) is 5.36. The van der Waals surface area contributed by atoms with Gasteiger partial charge in [0.2, 0.25) is 0 Å². The van der Waals surface area contributed by atoms with Gasteiger partial charge in [0.05, 0.1) is 36.9 Å². The molecule has 0 spiro atoms. The molecule has 0 aromatic heterocycles. The number of piperazine rings is 1. The first-order valence-electron chi connectivity index (χ1n) is 8.58. The third-order valence-corrected chi connectivity index (χ3v) is 5.38. The number of anilines is 2. The highest BCUT2D eigenvalue weighted by Gasteiger charge is 2.29. The fourth-order valence-corrected chi connectivity index (χ4v) is 3.51. The number of aromatic hydroxyl groups is 1. The van der Waals surface area contributed by atoms with Gasteiger partial charge in [0.15, 0.2) is 6.04 Å². The third kappa shape index (κ3) is 4.41. The first-order valence-corrected chi connectivity index (χ1v) is 9.34. The summed E-state index contributed by atoms with van der Waals surface area (Å²) in [6.07, 6.45) is 0. The van der Waals surface area contributed by atoms with Gasteiger partial charge in [-0.2, -0.15) is 0 Å². The van der Waals surface area contributed by atoms with Gasteiger partial charge in [-0.25, -0.2) is 0 Å². The predicted molar refractivity (Wildman–Crippen MR) is 106 cm³/mol. The lowest BCUT2D eigenvalue weighted by Crippen LogP contribution is -3.19. The van der Waals surface area contributed by atoms with Crippen molar-refractivity contribution in [2.24, 2.45) is 0 Å². The van der Waals surface area contributed by atoms with E-state index in [4.69, 9.17) is 23.2 Å². The van der Waals surface area contributed by atoms with Crippen LogP contribution in [0, 0.1) is 0 Å². The molecule has 26 heavy (non-hydrogen) atoms. The van der Waals surface area contributed by atoms with Gasteiger partial charge in [-0.05, 0) is 49.4 Å². The minimum absolute atomic E-state index is 0.0674. The molecular formula is C19H22Cl2N3O2+. The summed E-state index contributed by atoms with van der Waals surface area (Å²) in [7, 11) is 0. The fraction of sp³-hybridized carbons (Fsp3) is 0.316. The van der Waals surface area contributed by atoms with Crippen LogP contribution in [0.4, 0.5) is 11.4 Å². The Bertz CT molecular complexity index is 775. The molecule has 3 N–H and O–H groups in total. The molecule has 1 amide bonds. The van der Waals surface area contributed by atoms with Crippen molar-refractivity contribution in [2.45, 2.75) is 13.0 Å². The van der Waals surface area contributed by atoms with Crippen molar-refractivity contribution >= 4 is 40.5 Å². The van der Waals surface area contributed by atoms with Crippen molar-refractivity contribution in [3.63, 3.8) is 0 Å². The molecule has 0 radical (unpaired) electrons. The molecule has 1 heterocycles. The maximum Gasteiger partial charge on any atom is 0.282 e. The summed E-state index contributed by atoms with van der Waals surface area (Å²) < 4.78 is 0. The second-order valence-electron chi connectivity index (χ2n) is 6.50. The summed E-state index contributed by atoms with van der Waals surface area (Å²) in [5.41, 5.74) is 1.63. The summed E-state index contributed by atoms with van der Waals surface area (Å²) in [5.74, 6) is 0.199. The summed E-state index contributed by atoms with van der Waals surface area (Å²) in [4.78, 5) is 16.1. The molecule has 0 saturated carbocycles. The molecule has 0 aliphatic carbocycles. The summed E-state index contributed by atoms with van der Waals surface area (Å²) >= 11 is 12.1. The van der Waals surface area contributed by atoms with Crippen LogP contribution in [0.15, 0.2) is 42.5 Å². The van der Waals surface area contributed by atoms with Crippen molar-refractivity contribution < 1.29 is 14.8 Å². The van der Waals surface area contributed by atoms with Crippen LogP contribution in [-0.2, 0) is 4.79 Å². The molecule has 1 atom stereocenters. The molecule has 0 unspecified atom stereocenters. The van der Waals surface area contributed by atoms with Gasteiger partial charge < -0.3 is 20.2 Å². The van der Waals surface area contributed by atoms with Gasteiger partial charge in [-0.3, -0.25) is 4.79 Å². The lowest BCUT2D eigenvalue weighted by molar-refractivity contribution is -0.914. The first-order chi connectivity index (χ1) is 12.4. The second kappa shape index (κ2) is 8.16. The average Bonchev–Trinajstić information content (AvgIpc) is 2.65. The van der Waals surface area contributed by atoms with Crippen LogP contribution in [0.25, 0.3) is 0 Å². The average molecular weight is 395 g/mol. The van der Waals surface area contributed by atoms with E-state index in [1.807, 2.05) is 19.1 Å². The SMILES string of the molecule is C[C@@H](C(=O)Nc1cc(Cl)ccc1Cl)[NH+]1CCN(c2ccc(O)cc2)CC1. The molecule has 1 fully saturated rings. The van der Waals surface area contributed by atoms with Crippen LogP contribution < -0.4 is 15.1 Å². The van der Waals surface area contributed by atoms with E-state index < -0.39 is 0 Å². The molecule has 1 saturated heterocycles. The molecule has 2 aromatic rings. The van der Waals surface area contributed by atoms with E-state index in [0.717, 1.165) is 31.9 Å². The number of nitrogens with one attached hydrogen (secondary N) is 2. The number of phenols is 1. The summed E-state index contributed by atoms with van der Waals surface area (Å²) in [6, 6.07) is 12.1. The zero-order chi connectivity index (χ0) is 18.7. The van der Waals surface area contributed by atoms with Crippen LogP contribution in [0.5, 0.6) is 5.75 Å². The van der Waals surface area contributed by atoms with E-state index in [-0.39, 0.29) is 17.7 Å². The minimum Gasteiger partial charge on any atom is -0.508 e. The van der Waals surface area contributed by atoms with Crippen LogP contribution in [0.1, 0.15) is 6.92 Å². The molecule has 1 aliphatic rings. The van der Waals surface area contributed by atoms with E-state index in [0.29, 0.717) is 15.7 Å². The van der Waals surface area contributed by atoms with Gasteiger partial charge in [-0.1, -0.05) is 23.2 Å². The molecular weight excluding hydrogens is 373 g/mol. The van der Waals surface area contributed by atoms with Gasteiger partial charge in [-0.15, -0.1) is 0 Å². The zero-order valence-corrected chi connectivity index (χ0v) is 16.0. The first kappa shape index (κ1) is 18.8. The number of hydrogen-bond acceptors (Lipinski definition) is 3. The second-order valence-corrected chi connectivity index (χ2v) is 7.34. The molecule has 7 heteroatoms. The highest BCUT2D eigenvalue weighted by atomic mass is 35.5. The molecule has 3 rings (SSSR count). The highest BCUT2D eigenvalue weighted by Crippen LogP contribution is 2.25. The van der Waals surface area contributed by atoms with E-state index in [2.05, 4.69) is 10.2 Å². The third-order valence-electron chi connectivity index (χ3n) is 4.81. The Morgan fingerprint density at radius 3 is 2.46 bits per heavy atom. The van der Waals surface area contributed by atoms with E-state index in [1.54, 1.807) is 30.3 Å². The molecule has 0 bridgehead atoms. The molecule has 1 aliphatic heterocycles. The van der Waals surface area contributed by atoms with Crippen LogP contribution in [0.2, 0.25) is 10.0 Å². The number of phenolic OH excluding ortho intramolecular Hbond substituents is 1. The van der Waals surface area contributed by atoms with Crippen molar-refractivity contribution in [1.82, 2.24) is 0 Å². The number of benzene rings is 2. The fourth-order valence-electron chi connectivity index (χ4n) is 3.17. The Kier molecular flexibility index (Phi) is 5.91. The quantitative estimate of drug-likeness (QED) is 0.746. The lowest BCUT2D eigenvalue weighted by atomic mass is 10.2. The molecule has 2 aromatic carbocycles. The van der Waals surface area contributed by atoms with E-state index >= 15 is 0 Å². The predicted octanol–water partition coefficient (Wildman–Crippen LogP) is 2.43. The van der Waals surface area contributed by atoms with E-state index in [9.17, 15) is 9.90 Å². The highest BCUT2D eigenvalue weighted by molar-refractivity contribution is 6.35. The van der Waals surface area contributed by atoms with Crippen molar-refractivity contribution in [3.05, 3.63) is 52.5 Å². The minimum atomic E-state index is -0.188. The Hall–Kier alpha value is -1.95. The van der Waals surface area contributed by atoms with Crippen LogP contribution in [-0.4, -0.2) is 43.2 Å². The van der Waals surface area contributed by atoms with Crippen LogP contribution in [0.3, 0.4) is 0 Å². The van der Waals surface area contributed by atoms with Gasteiger partial charge >= 0.3 is 0 Å². The normalized spacial score (nSPS) is 16.3. The maximum atomic E-state index is 12.6. The number of nitrogens with zero attached hydrogens (tertiary/aromatic N) is 1. The van der Waals surface area contributed by atoms with E-state index in [1.165, 1.54) is 4.90 Å². The van der Waals surface area contributed by atoms with Crippen LogP contribution >= 0.6 is 23.2 Å². The van der Waals surface area contributed by atoms with Crippen molar-refractivity contribution in [3.8, 4) is 5.75 Å². The Morgan fingerprint density at radius 1 is 1.15 bits per heavy atom. The number of halogens is 2. The van der Waals surface area contributed by atoms with Gasteiger partial charge in [0, 0.05) is 10.7 Å². The Morgan fingerprint density at radius 2 is 1.81 bits per heavy atom. The number of carbonyl (C=O) groups excluding carboxylic acids is 1. The Balaban J connectivity index is 1.57. The molecule has 5 nitrogen and oxygen atoms in total. The smallest absolute Gasteiger partial charge is 0.282 e. The maximum absolute atomic E-state index is 12.6. The monoisotopic (exact) mass is 394 g/mol. The summed E-state index contributed by atoms with van der Waals surface area (Å²) in [5, 5.41) is 13.3. The van der Waals surface area contributed by atoms with Gasteiger partial charge in [0.25, 0.3) is 5.91 Å². The number of rotatable bonds is 4. The zero-order valence-electron chi connectivity index (χ0n) is 14.5. The van der Waals surface area contributed by atoms with Gasteiger partial charge in [0.1, 0.15) is 5.75 Å². The number of carbonyl (C=O) groups is 1. The van der Waals surface area contributed by atoms with Crippen molar-refractivity contribution in [1.29, 1.82) is 0 Å². The number of quaternary nitrogens is 1.